The van der Waals surface area contributed by atoms with E-state index < -0.39 is 6.60 Å². The summed E-state index contributed by atoms with van der Waals surface area (Å²) in [7, 11) is 0. The molecule has 6 aromatic carbocycles. The monoisotopic (exact) mass is 466 g/mol. The fraction of sp³-hybridized carbons (Fsp3) is 0.0588. The van der Waals surface area contributed by atoms with Gasteiger partial charge in [-0.2, -0.15) is 0 Å². The van der Waals surface area contributed by atoms with Gasteiger partial charge in [0.2, 0.25) is 0 Å². The minimum absolute atomic E-state index is 1.06. The summed E-state index contributed by atoms with van der Waals surface area (Å²) in [5, 5.41) is 10.0. The van der Waals surface area contributed by atoms with Gasteiger partial charge in [-0.05, 0) is 0 Å². The van der Waals surface area contributed by atoms with Crippen molar-refractivity contribution in [2.75, 3.05) is 0 Å². The van der Waals surface area contributed by atoms with Crippen LogP contribution in [-0.4, -0.2) is 0 Å². The van der Waals surface area contributed by atoms with E-state index in [1.807, 2.05) is 0 Å². The molecule has 35 heavy (non-hydrogen) atoms. The second kappa shape index (κ2) is 7.64. The first-order valence-corrected chi connectivity index (χ1v) is 15.0. The Morgan fingerprint density at radius 2 is 0.600 bits per heavy atom. The van der Waals surface area contributed by atoms with Crippen LogP contribution in [0.25, 0.3) is 21.5 Å². The van der Waals surface area contributed by atoms with Gasteiger partial charge < -0.3 is 0 Å². The van der Waals surface area contributed by atoms with E-state index in [9.17, 15) is 0 Å². The summed E-state index contributed by atoms with van der Waals surface area (Å²) >= 11 is 0. The molecule has 0 unspecified atom stereocenters. The average Bonchev–Trinajstić information content (AvgIpc) is 3.35. The van der Waals surface area contributed by atoms with Gasteiger partial charge in [0, 0.05) is 0 Å². The summed E-state index contributed by atoms with van der Waals surface area (Å²) in [5.74, 6) is 0. The molecule has 1 aliphatic heterocycles. The number of hydrogen-bond acceptors (Lipinski definition) is 0. The number of rotatable bonds is 3. The maximum atomic E-state index is 2.40. The molecule has 0 atom stereocenters. The van der Waals surface area contributed by atoms with Crippen LogP contribution in [-0.2, 0) is 12.3 Å². The van der Waals surface area contributed by atoms with Crippen molar-refractivity contribution in [1.29, 1.82) is 0 Å². The Bertz CT molecular complexity index is 1520. The third-order valence-electron chi connectivity index (χ3n) is 8.31. The van der Waals surface area contributed by atoms with Crippen molar-refractivity contribution in [2.24, 2.45) is 0 Å². The molecule has 0 fully saturated rings. The van der Waals surface area contributed by atoms with Crippen LogP contribution in [0, 0.1) is 0 Å². The first kappa shape index (κ1) is 20.6. The van der Waals surface area contributed by atoms with Crippen LogP contribution in [0.5, 0.6) is 0 Å². The van der Waals surface area contributed by atoms with Gasteiger partial charge in [0.15, 0.2) is 0 Å². The first-order chi connectivity index (χ1) is 17.3. The molecule has 0 amide bonds. The maximum absolute atomic E-state index is 2.88. The zero-order chi connectivity index (χ0) is 23.3. The van der Waals surface area contributed by atoms with E-state index in [1.54, 1.807) is 0 Å². The van der Waals surface area contributed by atoms with Gasteiger partial charge in [0.25, 0.3) is 0 Å². The molecule has 0 radical (unpaired) electrons. The molecule has 168 valence electrons. The van der Waals surface area contributed by atoms with E-state index in [-0.39, 0.29) is 0 Å². The van der Waals surface area contributed by atoms with Gasteiger partial charge in [0.1, 0.15) is 0 Å². The van der Waals surface area contributed by atoms with Crippen molar-refractivity contribution >= 4 is 44.1 Å². The van der Waals surface area contributed by atoms with Crippen LogP contribution in [0.15, 0.2) is 140 Å². The topological polar surface area (TPSA) is 0 Å². The van der Waals surface area contributed by atoms with E-state index >= 15 is 0 Å². The second-order valence-corrected chi connectivity index (χ2v) is 15.1. The van der Waals surface area contributed by atoms with Gasteiger partial charge in [-0.15, -0.1) is 0 Å². The summed E-state index contributed by atoms with van der Waals surface area (Å²) in [6.45, 7) is -2.88. The average molecular weight is 467 g/mol. The summed E-state index contributed by atoms with van der Waals surface area (Å²) < 4.78 is 0. The fourth-order valence-electron chi connectivity index (χ4n) is 6.76. The zero-order valence-corrected chi connectivity index (χ0v) is 20.5. The Kier molecular flexibility index (Phi) is 4.50. The molecular weight excluding hydrogens is 439 g/mol. The van der Waals surface area contributed by atoms with Gasteiger partial charge in [-0.3, -0.25) is 0 Å². The van der Waals surface area contributed by atoms with Gasteiger partial charge in [0.05, 0.1) is 0 Å². The molecule has 0 nitrogen and oxygen atoms in total. The van der Waals surface area contributed by atoms with E-state index in [0.29, 0.717) is 0 Å². The van der Waals surface area contributed by atoms with Crippen LogP contribution in [0.1, 0.15) is 11.1 Å². The van der Waals surface area contributed by atoms with Gasteiger partial charge >= 0.3 is 207 Å². The quantitative estimate of drug-likeness (QED) is 0.187. The van der Waals surface area contributed by atoms with E-state index in [0.717, 1.165) is 12.3 Å². The van der Waals surface area contributed by atoms with Crippen molar-refractivity contribution in [3.8, 4) is 0 Å². The molecule has 0 N–H and O–H groups in total. The Morgan fingerprint density at radius 1 is 0.314 bits per heavy atom. The molecule has 6 aromatic rings. The minimum atomic E-state index is -2.88. The van der Waals surface area contributed by atoms with Crippen LogP contribution in [0.4, 0.5) is 0 Å². The predicted octanol–water partition coefficient (Wildman–Crippen LogP) is 7.54. The molecule has 1 aliphatic rings. The van der Waals surface area contributed by atoms with Gasteiger partial charge in [-0.1, -0.05) is 0 Å². The van der Waals surface area contributed by atoms with Gasteiger partial charge in [-0.25, -0.2) is 0 Å². The van der Waals surface area contributed by atoms with Crippen molar-refractivity contribution in [3.05, 3.63) is 151 Å². The van der Waals surface area contributed by atoms with Crippen LogP contribution >= 0.6 is 6.60 Å². The number of hydrogen-bond donors (Lipinski definition) is 0. The van der Waals surface area contributed by atoms with Crippen LogP contribution in [0.2, 0.25) is 0 Å². The standard InChI is InChI=1S/C34H27P/c1-4-14-26(15-5-1)35(27-16-6-2-7-17-27,28-18-8-3-9-19-28)24-33-31-22-12-10-20-29(31)30-21-11-13-23-32(30)34(33)25-35/h1-23H,24-25H2. The van der Waals surface area contributed by atoms with Crippen LogP contribution < -0.4 is 15.9 Å². The fourth-order valence-corrected chi connectivity index (χ4v) is 13.7. The molecule has 0 saturated heterocycles. The summed E-state index contributed by atoms with van der Waals surface area (Å²) in [6, 6.07) is 52.3. The summed E-state index contributed by atoms with van der Waals surface area (Å²) in [5.41, 5.74) is 3.07. The number of fused-ring (bicyclic) bond motifs is 6. The molecule has 0 spiro atoms. The number of benzene rings is 6. The second-order valence-electron chi connectivity index (χ2n) is 9.88. The first-order valence-electron chi connectivity index (χ1n) is 12.4. The Hall–Kier alpha value is -3.73. The predicted molar refractivity (Wildman–Crippen MR) is 154 cm³/mol. The Balaban J connectivity index is 1.70. The van der Waals surface area contributed by atoms with Crippen molar-refractivity contribution in [2.45, 2.75) is 12.3 Å². The molecule has 7 rings (SSSR count). The molecule has 1 heteroatoms. The Labute approximate surface area is 206 Å². The zero-order valence-electron chi connectivity index (χ0n) is 19.6. The van der Waals surface area contributed by atoms with E-state index in [1.165, 1.54) is 48.6 Å². The molecule has 1 heterocycles. The molecule has 0 bridgehead atoms. The summed E-state index contributed by atoms with van der Waals surface area (Å²) in [6.07, 6.45) is 2.12. The van der Waals surface area contributed by atoms with E-state index in [2.05, 4.69) is 140 Å². The van der Waals surface area contributed by atoms with Crippen LogP contribution in [0.3, 0.4) is 0 Å². The summed E-state index contributed by atoms with van der Waals surface area (Å²) in [4.78, 5) is 0. The van der Waals surface area contributed by atoms with Crippen molar-refractivity contribution < 1.29 is 0 Å². The Morgan fingerprint density at radius 3 is 0.943 bits per heavy atom. The molecule has 0 aliphatic carbocycles. The normalized spacial score (nSPS) is 17.0. The van der Waals surface area contributed by atoms with E-state index in [4.69, 9.17) is 0 Å². The SMILES string of the molecule is c1ccc(P2(c3ccccc3)(c3ccccc3)Cc3c(c4ccccc4c4ccccc34)C2)cc1. The molecular formula is C34H27P. The third kappa shape index (κ3) is 2.72. The van der Waals surface area contributed by atoms with Crippen molar-refractivity contribution in [3.63, 3.8) is 0 Å². The molecule has 0 aromatic heterocycles. The van der Waals surface area contributed by atoms with Crippen molar-refractivity contribution in [1.82, 2.24) is 0 Å². The molecule has 0 saturated carbocycles. The third-order valence-corrected chi connectivity index (χ3v) is 15.0.